The first kappa shape index (κ1) is 19.4. The average molecular weight is 387 g/mol. The Morgan fingerprint density at radius 3 is 2.44 bits per heavy atom. The van der Waals surface area contributed by atoms with E-state index in [0.717, 1.165) is 22.4 Å². The van der Waals surface area contributed by atoms with Crippen LogP contribution >= 0.6 is 0 Å². The highest BCUT2D eigenvalue weighted by Gasteiger charge is 2.31. The predicted octanol–water partition coefficient (Wildman–Crippen LogP) is 3.82. The van der Waals surface area contributed by atoms with Crippen molar-refractivity contribution in [2.24, 2.45) is 0 Å². The van der Waals surface area contributed by atoms with Crippen LogP contribution in [0.5, 0.6) is 0 Å². The number of rotatable bonds is 4. The summed E-state index contributed by atoms with van der Waals surface area (Å²) >= 11 is 0. The van der Waals surface area contributed by atoms with E-state index >= 15 is 0 Å². The molecule has 27 heavy (non-hydrogen) atoms. The topological polar surface area (TPSA) is 57.7 Å². The molecular weight excluding hydrogens is 360 g/mol. The number of carbonyl (C=O) groups excluding carboxylic acids is 1. The molecule has 0 saturated heterocycles. The van der Waals surface area contributed by atoms with Crippen molar-refractivity contribution in [1.29, 1.82) is 0 Å². The van der Waals surface area contributed by atoms with Gasteiger partial charge in [-0.25, -0.2) is 8.42 Å². The van der Waals surface area contributed by atoms with Gasteiger partial charge in [-0.05, 0) is 81.1 Å². The largest absolute Gasteiger partial charge is 0.309 e. The highest BCUT2D eigenvalue weighted by Crippen LogP contribution is 2.35. The third kappa shape index (κ3) is 3.34. The van der Waals surface area contributed by atoms with Crippen molar-refractivity contribution in [1.82, 2.24) is 0 Å². The number of amides is 1. The van der Waals surface area contributed by atoms with Crippen LogP contribution in [0.25, 0.3) is 0 Å². The van der Waals surface area contributed by atoms with E-state index in [1.165, 1.54) is 11.2 Å². The van der Waals surface area contributed by atoms with Gasteiger partial charge in [0.25, 0.3) is 10.0 Å². The Hall–Kier alpha value is -2.34. The molecule has 0 aromatic heterocycles. The van der Waals surface area contributed by atoms with Gasteiger partial charge in [0.2, 0.25) is 5.91 Å². The molecule has 144 valence electrons. The van der Waals surface area contributed by atoms with E-state index < -0.39 is 10.0 Å². The maximum absolute atomic E-state index is 13.3. The molecule has 0 radical (unpaired) electrons. The first-order chi connectivity index (χ1) is 12.7. The smallest absolute Gasteiger partial charge is 0.264 e. The van der Waals surface area contributed by atoms with Crippen molar-refractivity contribution in [3.05, 3.63) is 53.1 Å². The number of sulfonamides is 1. The molecule has 0 aliphatic carbocycles. The number of fused-ring (bicyclic) bond motifs is 1. The molecule has 5 nitrogen and oxygen atoms in total. The highest BCUT2D eigenvalue weighted by atomic mass is 32.2. The fourth-order valence-corrected chi connectivity index (χ4v) is 5.26. The normalized spacial score (nSPS) is 16.3. The Kier molecular flexibility index (Phi) is 5.04. The van der Waals surface area contributed by atoms with Crippen molar-refractivity contribution in [3.8, 4) is 0 Å². The monoisotopic (exact) mass is 386 g/mol. The fourth-order valence-electron chi connectivity index (χ4n) is 3.75. The number of benzene rings is 2. The van der Waals surface area contributed by atoms with Gasteiger partial charge in [0.15, 0.2) is 0 Å². The van der Waals surface area contributed by atoms with Gasteiger partial charge in [-0.15, -0.1) is 0 Å². The summed E-state index contributed by atoms with van der Waals surface area (Å²) in [5.41, 5.74) is 4.56. The second-order valence-corrected chi connectivity index (χ2v) is 9.03. The maximum atomic E-state index is 13.3. The molecule has 2 aromatic carbocycles. The lowest BCUT2D eigenvalue weighted by Crippen LogP contribution is -2.33. The van der Waals surface area contributed by atoms with Gasteiger partial charge < -0.3 is 4.90 Å². The summed E-state index contributed by atoms with van der Waals surface area (Å²) in [7, 11) is -3.68. The van der Waals surface area contributed by atoms with Crippen molar-refractivity contribution >= 4 is 27.3 Å². The maximum Gasteiger partial charge on any atom is 0.264 e. The Morgan fingerprint density at radius 2 is 1.85 bits per heavy atom. The van der Waals surface area contributed by atoms with E-state index in [1.54, 1.807) is 23.1 Å². The first-order valence-electron chi connectivity index (χ1n) is 9.19. The Morgan fingerprint density at radius 1 is 1.15 bits per heavy atom. The number of hydrogen-bond donors (Lipinski definition) is 0. The van der Waals surface area contributed by atoms with Gasteiger partial charge in [-0.2, -0.15) is 0 Å². The molecule has 0 unspecified atom stereocenters. The lowest BCUT2D eigenvalue weighted by Gasteiger charge is -2.24. The van der Waals surface area contributed by atoms with E-state index in [1.807, 2.05) is 45.9 Å². The molecule has 3 rings (SSSR count). The molecule has 1 atom stereocenters. The van der Waals surface area contributed by atoms with Crippen LogP contribution in [0, 0.1) is 13.8 Å². The number of anilines is 2. The number of nitrogens with zero attached hydrogens (tertiary/aromatic N) is 2. The molecule has 1 heterocycles. The Bertz CT molecular complexity index is 998. The van der Waals surface area contributed by atoms with Crippen LogP contribution in [-0.4, -0.2) is 26.9 Å². The predicted molar refractivity (Wildman–Crippen MR) is 109 cm³/mol. The SMILES string of the molecule is CCN(c1ccc(C)c(C)c1)S(=O)(=O)c1ccc2c(c1)C[C@@H](C)N2C(C)=O. The number of carbonyl (C=O) groups is 1. The molecule has 1 aliphatic heterocycles. The van der Waals surface area contributed by atoms with Crippen LogP contribution < -0.4 is 9.21 Å². The first-order valence-corrected chi connectivity index (χ1v) is 10.6. The molecule has 2 aromatic rings. The van der Waals surface area contributed by atoms with Crippen LogP contribution in [0.3, 0.4) is 0 Å². The summed E-state index contributed by atoms with van der Waals surface area (Å²) in [6.07, 6.45) is 0.661. The molecule has 6 heteroatoms. The van der Waals surface area contributed by atoms with Crippen molar-refractivity contribution in [2.45, 2.75) is 52.0 Å². The van der Waals surface area contributed by atoms with Gasteiger partial charge in [-0.1, -0.05) is 6.07 Å². The van der Waals surface area contributed by atoms with Gasteiger partial charge in [0.05, 0.1) is 10.6 Å². The third-order valence-electron chi connectivity index (χ3n) is 5.26. The molecular formula is C21H26N2O3S. The summed E-state index contributed by atoms with van der Waals surface area (Å²) in [6.45, 7) is 9.67. The molecule has 1 amide bonds. The van der Waals surface area contributed by atoms with Gasteiger partial charge in [-0.3, -0.25) is 9.10 Å². The molecule has 0 fully saturated rings. The van der Waals surface area contributed by atoms with Crippen LogP contribution in [0.15, 0.2) is 41.3 Å². The number of hydrogen-bond acceptors (Lipinski definition) is 3. The van der Waals surface area contributed by atoms with Crippen molar-refractivity contribution < 1.29 is 13.2 Å². The van der Waals surface area contributed by atoms with Crippen LogP contribution in [-0.2, 0) is 21.2 Å². The van der Waals surface area contributed by atoms with E-state index in [9.17, 15) is 13.2 Å². The zero-order chi connectivity index (χ0) is 19.9. The Labute approximate surface area is 161 Å². The molecule has 0 bridgehead atoms. The van der Waals surface area contributed by atoms with Gasteiger partial charge in [0.1, 0.15) is 0 Å². The van der Waals surface area contributed by atoms with Crippen LogP contribution in [0.4, 0.5) is 11.4 Å². The van der Waals surface area contributed by atoms with Crippen molar-refractivity contribution in [2.75, 3.05) is 15.7 Å². The van der Waals surface area contributed by atoms with E-state index in [-0.39, 0.29) is 16.8 Å². The highest BCUT2D eigenvalue weighted by molar-refractivity contribution is 7.92. The molecule has 1 aliphatic rings. The summed E-state index contributed by atoms with van der Waals surface area (Å²) < 4.78 is 28.0. The molecule has 0 spiro atoms. The standard InChI is InChI=1S/C21H26N2O3S/c1-6-22(19-8-7-14(2)15(3)11-19)27(25,26)20-9-10-21-18(13-20)12-16(4)23(21)17(5)24/h7-11,13,16H,6,12H2,1-5H3/t16-/m1/s1. The zero-order valence-electron chi connectivity index (χ0n) is 16.5. The van der Waals surface area contributed by atoms with Crippen molar-refractivity contribution in [3.63, 3.8) is 0 Å². The summed E-state index contributed by atoms with van der Waals surface area (Å²) in [4.78, 5) is 13.9. The molecule has 0 N–H and O–H groups in total. The third-order valence-corrected chi connectivity index (χ3v) is 7.16. The lowest BCUT2D eigenvalue weighted by molar-refractivity contribution is -0.116. The molecule has 0 saturated carbocycles. The minimum Gasteiger partial charge on any atom is -0.309 e. The second kappa shape index (κ2) is 7.00. The van der Waals surface area contributed by atoms with Gasteiger partial charge >= 0.3 is 0 Å². The van der Waals surface area contributed by atoms with E-state index in [2.05, 4.69) is 0 Å². The van der Waals surface area contributed by atoms with E-state index in [0.29, 0.717) is 18.7 Å². The minimum atomic E-state index is -3.68. The summed E-state index contributed by atoms with van der Waals surface area (Å²) in [5.74, 6) is -0.0258. The van der Waals surface area contributed by atoms with Gasteiger partial charge in [0, 0.05) is 25.2 Å². The summed E-state index contributed by atoms with van der Waals surface area (Å²) in [6, 6.07) is 10.8. The average Bonchev–Trinajstić information content (AvgIpc) is 2.93. The van der Waals surface area contributed by atoms with Crippen LogP contribution in [0.2, 0.25) is 0 Å². The fraction of sp³-hybridized carbons (Fsp3) is 0.381. The summed E-state index contributed by atoms with van der Waals surface area (Å²) in [5, 5.41) is 0. The van der Waals surface area contributed by atoms with E-state index in [4.69, 9.17) is 0 Å². The number of aryl methyl sites for hydroxylation is 2. The quantitative estimate of drug-likeness (QED) is 0.803. The lowest BCUT2D eigenvalue weighted by atomic mass is 10.1. The minimum absolute atomic E-state index is 0.0258. The Balaban J connectivity index is 2.03. The zero-order valence-corrected chi connectivity index (χ0v) is 17.3. The second-order valence-electron chi connectivity index (χ2n) is 7.17. The van der Waals surface area contributed by atoms with Crippen LogP contribution in [0.1, 0.15) is 37.5 Å².